The summed E-state index contributed by atoms with van der Waals surface area (Å²) in [7, 11) is 1.77. The Balaban J connectivity index is 2.31. The second-order valence-electron chi connectivity index (χ2n) is 5.93. The number of carbonyl (C=O) groups is 2. The fourth-order valence-electron chi connectivity index (χ4n) is 2.49. The third kappa shape index (κ3) is 3.93. The van der Waals surface area contributed by atoms with Gasteiger partial charge >= 0.3 is 0 Å². The molecule has 0 aliphatic carbocycles. The molecule has 0 unspecified atom stereocenters. The van der Waals surface area contributed by atoms with Crippen LogP contribution < -0.4 is 5.32 Å². The number of rotatable bonds is 8. The van der Waals surface area contributed by atoms with Crippen molar-refractivity contribution in [2.45, 2.75) is 39.5 Å². The van der Waals surface area contributed by atoms with Crippen LogP contribution in [-0.4, -0.2) is 46.2 Å². The SMILES string of the molecule is CCCCNC(=O)c1nc(C(=O)N(C)CCCC)n2ccccc12. The van der Waals surface area contributed by atoms with Crippen molar-refractivity contribution in [3.63, 3.8) is 0 Å². The highest BCUT2D eigenvalue weighted by Crippen LogP contribution is 2.15. The maximum absolute atomic E-state index is 12.7. The summed E-state index contributed by atoms with van der Waals surface area (Å²) >= 11 is 0. The van der Waals surface area contributed by atoms with Crippen LogP contribution >= 0.6 is 0 Å². The molecule has 0 spiro atoms. The second-order valence-corrected chi connectivity index (χ2v) is 5.93. The lowest BCUT2D eigenvalue weighted by Gasteiger charge is -2.15. The Kier molecular flexibility index (Phi) is 6.35. The molecule has 2 heterocycles. The van der Waals surface area contributed by atoms with Gasteiger partial charge in [-0.2, -0.15) is 0 Å². The summed E-state index contributed by atoms with van der Waals surface area (Å²) in [5.74, 6) is -0.121. The monoisotopic (exact) mass is 330 g/mol. The summed E-state index contributed by atoms with van der Waals surface area (Å²) in [5.41, 5.74) is 0.956. The molecule has 0 aromatic carbocycles. The van der Waals surface area contributed by atoms with E-state index in [1.54, 1.807) is 22.5 Å². The molecule has 1 N–H and O–H groups in total. The predicted octanol–water partition coefficient (Wildman–Crippen LogP) is 2.74. The van der Waals surface area contributed by atoms with E-state index < -0.39 is 0 Å². The van der Waals surface area contributed by atoms with Crippen LogP contribution in [0.3, 0.4) is 0 Å². The van der Waals surface area contributed by atoms with Crippen molar-refractivity contribution in [1.82, 2.24) is 19.6 Å². The number of carbonyl (C=O) groups excluding carboxylic acids is 2. The summed E-state index contributed by atoms with van der Waals surface area (Å²) in [6.45, 7) is 5.44. The van der Waals surface area contributed by atoms with Gasteiger partial charge in [-0.15, -0.1) is 0 Å². The van der Waals surface area contributed by atoms with Gasteiger partial charge in [-0.3, -0.25) is 14.0 Å². The zero-order valence-electron chi connectivity index (χ0n) is 14.7. The summed E-state index contributed by atoms with van der Waals surface area (Å²) in [4.78, 5) is 31.1. The number of nitrogens with one attached hydrogen (secondary N) is 1. The molecular formula is C18H26N4O2. The zero-order chi connectivity index (χ0) is 17.5. The molecule has 130 valence electrons. The molecular weight excluding hydrogens is 304 g/mol. The van der Waals surface area contributed by atoms with E-state index in [9.17, 15) is 9.59 Å². The van der Waals surface area contributed by atoms with Crippen molar-refractivity contribution in [2.75, 3.05) is 20.1 Å². The molecule has 2 aromatic rings. The summed E-state index contributed by atoms with van der Waals surface area (Å²) < 4.78 is 1.69. The van der Waals surface area contributed by atoms with Crippen molar-refractivity contribution >= 4 is 17.3 Å². The van der Waals surface area contributed by atoms with E-state index >= 15 is 0 Å². The number of imidazole rings is 1. The van der Waals surface area contributed by atoms with Crippen LogP contribution in [0.1, 0.15) is 60.6 Å². The van der Waals surface area contributed by atoms with Crippen LogP contribution in [0, 0.1) is 0 Å². The lowest BCUT2D eigenvalue weighted by Crippen LogP contribution is -2.29. The van der Waals surface area contributed by atoms with Crippen molar-refractivity contribution in [3.8, 4) is 0 Å². The first kappa shape index (κ1) is 18.0. The number of hydrogen-bond donors (Lipinski definition) is 1. The van der Waals surface area contributed by atoms with Crippen molar-refractivity contribution in [3.05, 3.63) is 35.9 Å². The van der Waals surface area contributed by atoms with Crippen LogP contribution in [0.25, 0.3) is 5.52 Å². The Labute approximate surface area is 142 Å². The third-order valence-corrected chi connectivity index (χ3v) is 3.96. The van der Waals surface area contributed by atoms with Gasteiger partial charge in [0.05, 0.1) is 5.52 Å². The van der Waals surface area contributed by atoms with Crippen molar-refractivity contribution in [2.24, 2.45) is 0 Å². The summed E-state index contributed by atoms with van der Waals surface area (Å²) in [6.07, 6.45) is 5.66. The van der Waals surface area contributed by atoms with Gasteiger partial charge < -0.3 is 10.2 Å². The first-order valence-corrected chi connectivity index (χ1v) is 8.60. The van der Waals surface area contributed by atoms with Gasteiger partial charge in [-0.25, -0.2) is 4.98 Å². The quantitative estimate of drug-likeness (QED) is 0.757. The third-order valence-electron chi connectivity index (χ3n) is 3.96. The number of nitrogens with zero attached hydrogens (tertiary/aromatic N) is 3. The lowest BCUT2D eigenvalue weighted by atomic mass is 10.3. The van der Waals surface area contributed by atoms with E-state index in [4.69, 9.17) is 0 Å². The van der Waals surface area contributed by atoms with E-state index in [-0.39, 0.29) is 17.6 Å². The van der Waals surface area contributed by atoms with Crippen molar-refractivity contribution < 1.29 is 9.59 Å². The first-order valence-electron chi connectivity index (χ1n) is 8.60. The molecule has 2 aromatic heterocycles. The Morgan fingerprint density at radius 2 is 1.96 bits per heavy atom. The Bertz CT molecular complexity index is 708. The number of pyridine rings is 1. The molecule has 0 radical (unpaired) electrons. The average Bonchev–Trinajstić information content (AvgIpc) is 2.99. The normalized spacial score (nSPS) is 10.8. The van der Waals surface area contributed by atoms with Crippen LogP contribution in [0.2, 0.25) is 0 Å². The fraction of sp³-hybridized carbons (Fsp3) is 0.500. The summed E-state index contributed by atoms with van der Waals surface area (Å²) in [5, 5.41) is 2.87. The molecule has 2 amide bonds. The molecule has 6 nitrogen and oxygen atoms in total. The number of aromatic nitrogens is 2. The molecule has 0 aliphatic rings. The van der Waals surface area contributed by atoms with Gasteiger partial charge in [0.25, 0.3) is 11.8 Å². The van der Waals surface area contributed by atoms with Crippen LogP contribution in [-0.2, 0) is 0 Å². The number of amides is 2. The smallest absolute Gasteiger partial charge is 0.289 e. The van der Waals surface area contributed by atoms with Gasteiger partial charge in [-0.05, 0) is 25.0 Å². The summed E-state index contributed by atoms with van der Waals surface area (Å²) in [6, 6.07) is 5.48. The van der Waals surface area contributed by atoms with Gasteiger partial charge in [0.1, 0.15) is 0 Å². The Morgan fingerprint density at radius 3 is 2.67 bits per heavy atom. The molecule has 2 rings (SSSR count). The molecule has 0 fully saturated rings. The van der Waals surface area contributed by atoms with Gasteiger partial charge in [-0.1, -0.05) is 32.8 Å². The van der Waals surface area contributed by atoms with E-state index in [0.29, 0.717) is 24.3 Å². The standard InChI is InChI=1S/C18H26N4O2/c1-4-6-11-19-17(23)15-14-10-8-9-13-22(14)16(20-15)18(24)21(3)12-7-5-2/h8-10,13H,4-7,11-12H2,1-3H3,(H,19,23). The maximum atomic E-state index is 12.7. The number of fused-ring (bicyclic) bond motifs is 1. The van der Waals surface area contributed by atoms with E-state index in [1.807, 2.05) is 18.2 Å². The largest absolute Gasteiger partial charge is 0.351 e. The molecule has 6 heteroatoms. The number of hydrogen-bond acceptors (Lipinski definition) is 3. The van der Waals surface area contributed by atoms with E-state index in [2.05, 4.69) is 24.1 Å². The van der Waals surface area contributed by atoms with E-state index in [0.717, 1.165) is 25.7 Å². The number of unbranched alkanes of at least 4 members (excludes halogenated alkanes) is 2. The second kappa shape index (κ2) is 8.47. The minimum atomic E-state index is -0.234. The lowest BCUT2D eigenvalue weighted by molar-refractivity contribution is 0.0780. The molecule has 0 aliphatic heterocycles. The highest BCUT2D eigenvalue weighted by atomic mass is 16.2. The van der Waals surface area contributed by atoms with Crippen LogP contribution in [0.4, 0.5) is 0 Å². The Hall–Kier alpha value is -2.37. The molecule has 0 saturated carbocycles. The topological polar surface area (TPSA) is 66.7 Å². The molecule has 0 bridgehead atoms. The molecule has 0 atom stereocenters. The van der Waals surface area contributed by atoms with Gasteiger partial charge in [0, 0.05) is 26.3 Å². The van der Waals surface area contributed by atoms with Crippen molar-refractivity contribution in [1.29, 1.82) is 0 Å². The van der Waals surface area contributed by atoms with Gasteiger partial charge in [0.15, 0.2) is 5.69 Å². The maximum Gasteiger partial charge on any atom is 0.289 e. The molecule has 0 saturated heterocycles. The fourth-order valence-corrected chi connectivity index (χ4v) is 2.49. The van der Waals surface area contributed by atoms with Crippen LogP contribution in [0.5, 0.6) is 0 Å². The minimum Gasteiger partial charge on any atom is -0.351 e. The predicted molar refractivity (Wildman–Crippen MR) is 94.3 cm³/mol. The van der Waals surface area contributed by atoms with Crippen LogP contribution in [0.15, 0.2) is 24.4 Å². The average molecular weight is 330 g/mol. The zero-order valence-corrected chi connectivity index (χ0v) is 14.7. The first-order chi connectivity index (χ1) is 11.6. The highest BCUT2D eigenvalue weighted by Gasteiger charge is 2.23. The molecule has 24 heavy (non-hydrogen) atoms. The van der Waals surface area contributed by atoms with Gasteiger partial charge in [0.2, 0.25) is 5.82 Å². The minimum absolute atomic E-state index is 0.169. The van der Waals surface area contributed by atoms with E-state index in [1.165, 1.54) is 0 Å². The highest BCUT2D eigenvalue weighted by molar-refractivity contribution is 6.02. The Morgan fingerprint density at radius 1 is 1.21 bits per heavy atom.